The normalized spacial score (nSPS) is 11.1. The van der Waals surface area contributed by atoms with Gasteiger partial charge in [0.15, 0.2) is 5.96 Å². The Hall–Kier alpha value is -1.42. The molecule has 3 nitrogen and oxygen atoms in total. The lowest BCUT2D eigenvalue weighted by Crippen LogP contribution is -2.38. The first-order valence-electron chi connectivity index (χ1n) is 6.01. The van der Waals surface area contributed by atoms with Crippen molar-refractivity contribution in [3.05, 3.63) is 42.5 Å². The third-order valence-electron chi connectivity index (χ3n) is 2.32. The first-order valence-corrected chi connectivity index (χ1v) is 6.99. The van der Waals surface area contributed by atoms with E-state index in [0.717, 1.165) is 24.8 Å². The van der Waals surface area contributed by atoms with Crippen molar-refractivity contribution in [3.63, 3.8) is 0 Å². The van der Waals surface area contributed by atoms with Crippen molar-refractivity contribution in [1.82, 2.24) is 10.6 Å². The lowest BCUT2D eigenvalue weighted by Gasteiger charge is -2.10. The average molecular weight is 263 g/mol. The molecule has 0 radical (unpaired) electrons. The van der Waals surface area contributed by atoms with Gasteiger partial charge in [-0.15, -0.1) is 18.3 Å². The van der Waals surface area contributed by atoms with Crippen molar-refractivity contribution in [3.8, 4) is 0 Å². The molecular weight excluding hydrogens is 242 g/mol. The summed E-state index contributed by atoms with van der Waals surface area (Å²) < 4.78 is 0. The highest BCUT2D eigenvalue weighted by Crippen LogP contribution is 2.17. The second-order valence-corrected chi connectivity index (χ2v) is 5.00. The second kappa shape index (κ2) is 8.64. The molecule has 1 rings (SSSR count). The summed E-state index contributed by atoms with van der Waals surface area (Å²) in [6, 6.07) is 8.59. The number of nitrogens with one attached hydrogen (secondary N) is 2. The largest absolute Gasteiger partial charge is 0.356 e. The highest BCUT2D eigenvalue weighted by atomic mass is 32.2. The number of aryl methyl sites for hydroxylation is 1. The Balaban J connectivity index is 2.21. The maximum absolute atomic E-state index is 4.12. The fourth-order valence-electron chi connectivity index (χ4n) is 1.36. The molecule has 0 bridgehead atoms. The Morgan fingerprint density at radius 2 is 2.06 bits per heavy atom. The van der Waals surface area contributed by atoms with Crippen LogP contribution in [-0.2, 0) is 0 Å². The van der Waals surface area contributed by atoms with Crippen molar-refractivity contribution in [2.24, 2.45) is 4.99 Å². The predicted molar refractivity (Wildman–Crippen MR) is 81.5 cm³/mol. The van der Waals surface area contributed by atoms with Gasteiger partial charge in [0.25, 0.3) is 0 Å². The molecule has 2 N–H and O–H groups in total. The quantitative estimate of drug-likeness (QED) is 0.272. The first kappa shape index (κ1) is 14.6. The summed E-state index contributed by atoms with van der Waals surface area (Å²) >= 11 is 1.84. The first-order chi connectivity index (χ1) is 8.76. The Kier molecular flexibility index (Phi) is 7.03. The van der Waals surface area contributed by atoms with Crippen LogP contribution in [0.15, 0.2) is 46.8 Å². The van der Waals surface area contributed by atoms with Crippen LogP contribution >= 0.6 is 11.8 Å². The SMILES string of the molecule is C=CCNC(=NC)NCCSc1ccc(C)cc1. The van der Waals surface area contributed by atoms with Crippen molar-refractivity contribution < 1.29 is 0 Å². The van der Waals surface area contributed by atoms with Crippen LogP contribution in [0.4, 0.5) is 0 Å². The smallest absolute Gasteiger partial charge is 0.191 e. The van der Waals surface area contributed by atoms with Gasteiger partial charge in [-0.2, -0.15) is 0 Å². The lowest BCUT2D eigenvalue weighted by molar-refractivity contribution is 0.885. The number of rotatable bonds is 6. The molecule has 1 aromatic carbocycles. The van der Waals surface area contributed by atoms with E-state index in [2.05, 4.69) is 53.4 Å². The Morgan fingerprint density at radius 3 is 2.67 bits per heavy atom. The molecule has 0 aliphatic heterocycles. The Labute approximate surface area is 114 Å². The number of thioether (sulfide) groups is 1. The molecule has 0 aliphatic rings. The molecule has 0 fully saturated rings. The van der Waals surface area contributed by atoms with E-state index in [0.29, 0.717) is 0 Å². The van der Waals surface area contributed by atoms with E-state index in [1.54, 1.807) is 7.05 Å². The molecule has 4 heteroatoms. The van der Waals surface area contributed by atoms with E-state index in [4.69, 9.17) is 0 Å². The molecule has 0 aliphatic carbocycles. The molecule has 0 saturated carbocycles. The molecule has 0 amide bonds. The van der Waals surface area contributed by atoms with Crippen LogP contribution in [0.25, 0.3) is 0 Å². The van der Waals surface area contributed by atoms with Crippen LogP contribution in [0.1, 0.15) is 5.56 Å². The lowest BCUT2D eigenvalue weighted by atomic mass is 10.2. The van der Waals surface area contributed by atoms with Crippen molar-refractivity contribution in [2.45, 2.75) is 11.8 Å². The fraction of sp³-hybridized carbons (Fsp3) is 0.357. The van der Waals surface area contributed by atoms with Gasteiger partial charge in [-0.05, 0) is 19.1 Å². The molecule has 0 unspecified atom stereocenters. The predicted octanol–water partition coefficient (Wildman–Crippen LogP) is 2.44. The van der Waals surface area contributed by atoms with Gasteiger partial charge in [0.2, 0.25) is 0 Å². The van der Waals surface area contributed by atoms with E-state index >= 15 is 0 Å². The van der Waals surface area contributed by atoms with Gasteiger partial charge in [0.1, 0.15) is 0 Å². The number of nitrogens with zero attached hydrogens (tertiary/aromatic N) is 1. The summed E-state index contributed by atoms with van der Waals surface area (Å²) in [5.41, 5.74) is 1.30. The number of benzene rings is 1. The molecule has 0 heterocycles. The number of guanidine groups is 1. The highest BCUT2D eigenvalue weighted by Gasteiger charge is 1.96. The summed E-state index contributed by atoms with van der Waals surface area (Å²) in [6.45, 7) is 7.37. The molecule has 1 aromatic rings. The van der Waals surface area contributed by atoms with Crippen molar-refractivity contribution >= 4 is 17.7 Å². The Bertz CT molecular complexity index is 385. The van der Waals surface area contributed by atoms with E-state index in [1.807, 2.05) is 17.8 Å². The summed E-state index contributed by atoms with van der Waals surface area (Å²) in [6.07, 6.45) is 1.81. The molecule has 0 atom stereocenters. The molecule has 18 heavy (non-hydrogen) atoms. The van der Waals surface area contributed by atoms with E-state index in [9.17, 15) is 0 Å². The minimum atomic E-state index is 0.727. The van der Waals surface area contributed by atoms with Gasteiger partial charge >= 0.3 is 0 Å². The highest BCUT2D eigenvalue weighted by molar-refractivity contribution is 7.99. The number of hydrogen-bond donors (Lipinski definition) is 2. The van der Waals surface area contributed by atoms with Crippen molar-refractivity contribution in [2.75, 3.05) is 25.9 Å². The van der Waals surface area contributed by atoms with E-state index in [-0.39, 0.29) is 0 Å². The number of hydrogen-bond acceptors (Lipinski definition) is 2. The third kappa shape index (κ3) is 5.77. The van der Waals surface area contributed by atoms with Crippen LogP contribution in [0, 0.1) is 6.92 Å². The summed E-state index contributed by atoms with van der Waals surface area (Å²) in [7, 11) is 1.77. The van der Waals surface area contributed by atoms with Crippen LogP contribution in [0.3, 0.4) is 0 Å². The number of aliphatic imine (C=N–C) groups is 1. The summed E-state index contributed by atoms with van der Waals surface area (Å²) in [4.78, 5) is 5.42. The van der Waals surface area contributed by atoms with Gasteiger partial charge in [-0.3, -0.25) is 4.99 Å². The van der Waals surface area contributed by atoms with Crippen LogP contribution in [0.5, 0.6) is 0 Å². The topological polar surface area (TPSA) is 36.4 Å². The van der Waals surface area contributed by atoms with Gasteiger partial charge < -0.3 is 10.6 Å². The van der Waals surface area contributed by atoms with Gasteiger partial charge in [0, 0.05) is 30.8 Å². The van der Waals surface area contributed by atoms with Gasteiger partial charge in [-0.1, -0.05) is 23.8 Å². The molecule has 0 saturated heterocycles. The minimum Gasteiger partial charge on any atom is -0.356 e. The summed E-state index contributed by atoms with van der Waals surface area (Å²) in [5, 5.41) is 6.39. The zero-order chi connectivity index (χ0) is 13.2. The van der Waals surface area contributed by atoms with Crippen LogP contribution in [0.2, 0.25) is 0 Å². The average Bonchev–Trinajstić information content (AvgIpc) is 2.40. The van der Waals surface area contributed by atoms with Crippen LogP contribution in [-0.4, -0.2) is 31.8 Å². The standard InChI is InChI=1S/C14H21N3S/c1-4-9-16-14(15-3)17-10-11-18-13-7-5-12(2)6-8-13/h4-8H,1,9-11H2,2-3H3,(H2,15,16,17). The molecule has 98 valence electrons. The fourth-order valence-corrected chi connectivity index (χ4v) is 2.13. The maximum atomic E-state index is 4.12. The molecule has 0 spiro atoms. The van der Waals surface area contributed by atoms with Crippen molar-refractivity contribution in [1.29, 1.82) is 0 Å². The molecular formula is C14H21N3S. The Morgan fingerprint density at radius 1 is 1.33 bits per heavy atom. The van der Waals surface area contributed by atoms with Gasteiger partial charge in [-0.25, -0.2) is 0 Å². The second-order valence-electron chi connectivity index (χ2n) is 3.83. The molecule has 0 aromatic heterocycles. The van der Waals surface area contributed by atoms with Gasteiger partial charge in [0.05, 0.1) is 0 Å². The zero-order valence-corrected chi connectivity index (χ0v) is 11.9. The van der Waals surface area contributed by atoms with E-state index in [1.165, 1.54) is 10.5 Å². The third-order valence-corrected chi connectivity index (χ3v) is 3.34. The minimum absolute atomic E-state index is 0.727. The monoisotopic (exact) mass is 263 g/mol. The summed E-state index contributed by atoms with van der Waals surface area (Å²) in [5.74, 6) is 1.83. The van der Waals surface area contributed by atoms with Crippen LogP contribution < -0.4 is 10.6 Å². The van der Waals surface area contributed by atoms with E-state index < -0.39 is 0 Å². The maximum Gasteiger partial charge on any atom is 0.191 e. The zero-order valence-electron chi connectivity index (χ0n) is 11.1.